The van der Waals surface area contributed by atoms with Gasteiger partial charge in [0.2, 0.25) is 11.1 Å². The molecule has 3 aromatic carbocycles. The average Bonchev–Trinajstić information content (AvgIpc) is 3.33. The van der Waals surface area contributed by atoms with Gasteiger partial charge in [-0.1, -0.05) is 83.1 Å². The molecule has 0 saturated carbocycles. The van der Waals surface area contributed by atoms with Gasteiger partial charge in [0.15, 0.2) is 0 Å². The predicted molar refractivity (Wildman–Crippen MR) is 155 cm³/mol. The van der Waals surface area contributed by atoms with Gasteiger partial charge in [0.05, 0.1) is 5.57 Å². The van der Waals surface area contributed by atoms with Crippen LogP contribution in [0.4, 0.5) is 11.6 Å². The first-order valence-electron chi connectivity index (χ1n) is 12.4. The molecule has 0 radical (unpaired) electrons. The number of fused-ring (bicyclic) bond motifs is 1. The maximum atomic E-state index is 13.8. The number of thioether (sulfide) groups is 1. The number of carbonyl (C=O) groups excluding carboxylic acids is 1. The zero-order chi connectivity index (χ0) is 26.5. The molecular formula is C29H28BrN5O2S. The van der Waals surface area contributed by atoms with Gasteiger partial charge in [-0.25, -0.2) is 4.68 Å². The summed E-state index contributed by atoms with van der Waals surface area (Å²) in [6.07, 6.45) is 1.01. The Labute approximate surface area is 234 Å². The fourth-order valence-electron chi connectivity index (χ4n) is 4.29. The standard InChI is InChI=1S/C29H28BrN5O2S/c1-3-16-38-29-33-28-31-19(2)25(27(36)32-22-12-8-5-9-13-22)26(35(28)34-29)23-17-21(30)14-15-24(23)37-18-20-10-6-4-7-11-20/h4-15,17,26H,3,16,18H2,1-2H3,(H,32,36)(H,31,33,34). The molecule has 2 heterocycles. The topological polar surface area (TPSA) is 81.1 Å². The van der Waals surface area contributed by atoms with E-state index in [-0.39, 0.29) is 5.91 Å². The monoisotopic (exact) mass is 589 g/mol. The van der Waals surface area contributed by atoms with E-state index in [9.17, 15) is 4.79 Å². The van der Waals surface area contributed by atoms with Crippen molar-refractivity contribution in [3.8, 4) is 5.75 Å². The minimum Gasteiger partial charge on any atom is -0.489 e. The number of para-hydroxylation sites is 1. The lowest BCUT2D eigenvalue weighted by Crippen LogP contribution is -2.31. The lowest BCUT2D eigenvalue weighted by Gasteiger charge is -2.30. The highest BCUT2D eigenvalue weighted by Crippen LogP contribution is 2.41. The van der Waals surface area contributed by atoms with Gasteiger partial charge in [-0.15, -0.1) is 5.10 Å². The van der Waals surface area contributed by atoms with Crippen molar-refractivity contribution in [2.45, 2.75) is 38.1 Å². The number of rotatable bonds is 9. The fraction of sp³-hybridized carbons (Fsp3) is 0.207. The van der Waals surface area contributed by atoms with E-state index in [0.717, 1.165) is 33.5 Å². The smallest absolute Gasteiger partial charge is 0.255 e. The van der Waals surface area contributed by atoms with Gasteiger partial charge in [0.25, 0.3) is 5.91 Å². The third-order valence-corrected chi connectivity index (χ3v) is 7.59. The van der Waals surface area contributed by atoms with E-state index in [1.807, 2.05) is 85.8 Å². The second-order valence-corrected chi connectivity index (χ2v) is 10.8. The Morgan fingerprint density at radius 3 is 2.58 bits per heavy atom. The van der Waals surface area contributed by atoms with Crippen LogP contribution in [0.2, 0.25) is 0 Å². The van der Waals surface area contributed by atoms with Crippen molar-refractivity contribution in [2.24, 2.45) is 0 Å². The number of anilines is 2. The molecule has 1 amide bonds. The van der Waals surface area contributed by atoms with Gasteiger partial charge >= 0.3 is 0 Å². The quantitative estimate of drug-likeness (QED) is 0.204. The molecule has 0 saturated heterocycles. The summed E-state index contributed by atoms with van der Waals surface area (Å²) in [7, 11) is 0. The molecule has 0 aliphatic carbocycles. The fourth-order valence-corrected chi connectivity index (χ4v) is 5.35. The lowest BCUT2D eigenvalue weighted by molar-refractivity contribution is -0.113. The maximum absolute atomic E-state index is 13.8. The molecule has 1 unspecified atom stereocenters. The molecule has 0 bridgehead atoms. The molecule has 7 nitrogen and oxygen atoms in total. The number of carbonyl (C=O) groups is 1. The van der Waals surface area contributed by atoms with Gasteiger partial charge in [-0.3, -0.25) is 4.79 Å². The van der Waals surface area contributed by atoms with Crippen molar-refractivity contribution < 1.29 is 9.53 Å². The Bertz CT molecular complexity index is 1460. The van der Waals surface area contributed by atoms with E-state index >= 15 is 0 Å². The molecule has 2 N–H and O–H groups in total. The van der Waals surface area contributed by atoms with Crippen LogP contribution in [0.25, 0.3) is 0 Å². The highest BCUT2D eigenvalue weighted by Gasteiger charge is 2.36. The Hall–Kier alpha value is -3.56. The van der Waals surface area contributed by atoms with Crippen LogP contribution in [0.3, 0.4) is 0 Å². The number of ether oxygens (including phenoxy) is 1. The second kappa shape index (κ2) is 11.9. The van der Waals surface area contributed by atoms with E-state index in [1.165, 1.54) is 0 Å². The van der Waals surface area contributed by atoms with Crippen molar-refractivity contribution >= 4 is 45.2 Å². The number of nitrogens with zero attached hydrogens (tertiary/aromatic N) is 3. The number of allylic oxidation sites excluding steroid dienone is 1. The van der Waals surface area contributed by atoms with Crippen LogP contribution in [-0.4, -0.2) is 26.4 Å². The van der Waals surface area contributed by atoms with Gasteiger partial charge in [-0.05, 0) is 49.2 Å². The number of aromatic nitrogens is 3. The molecular weight excluding hydrogens is 562 g/mol. The Morgan fingerprint density at radius 1 is 1.11 bits per heavy atom. The van der Waals surface area contributed by atoms with Gasteiger partial charge in [0, 0.05) is 27.2 Å². The van der Waals surface area contributed by atoms with Crippen molar-refractivity contribution in [1.82, 2.24) is 14.8 Å². The first-order chi connectivity index (χ1) is 18.5. The van der Waals surface area contributed by atoms with Crippen molar-refractivity contribution in [3.05, 3.63) is 106 Å². The Balaban J connectivity index is 1.58. The molecule has 1 aliphatic heterocycles. The molecule has 194 valence electrons. The first-order valence-corrected chi connectivity index (χ1v) is 14.2. The predicted octanol–water partition coefficient (Wildman–Crippen LogP) is 7.05. The molecule has 0 fully saturated rings. The zero-order valence-electron chi connectivity index (χ0n) is 21.1. The maximum Gasteiger partial charge on any atom is 0.255 e. The number of benzene rings is 3. The van der Waals surface area contributed by atoms with Gasteiger partial charge in [0.1, 0.15) is 18.4 Å². The summed E-state index contributed by atoms with van der Waals surface area (Å²) in [5.74, 6) is 1.95. The van der Waals surface area contributed by atoms with Crippen molar-refractivity contribution in [2.75, 3.05) is 16.4 Å². The van der Waals surface area contributed by atoms with E-state index < -0.39 is 6.04 Å². The van der Waals surface area contributed by atoms with E-state index in [1.54, 1.807) is 16.4 Å². The Kier molecular flexibility index (Phi) is 8.14. The highest BCUT2D eigenvalue weighted by atomic mass is 79.9. The summed E-state index contributed by atoms with van der Waals surface area (Å²) in [5.41, 5.74) is 3.84. The largest absolute Gasteiger partial charge is 0.489 e. The number of halogens is 1. The average molecular weight is 591 g/mol. The number of nitrogens with one attached hydrogen (secondary N) is 2. The normalized spacial score (nSPS) is 14.6. The summed E-state index contributed by atoms with van der Waals surface area (Å²) in [4.78, 5) is 18.5. The first kappa shape index (κ1) is 26.1. The second-order valence-electron chi connectivity index (χ2n) is 8.85. The highest BCUT2D eigenvalue weighted by molar-refractivity contribution is 9.10. The van der Waals surface area contributed by atoms with Crippen LogP contribution in [0.15, 0.2) is 99.8 Å². The van der Waals surface area contributed by atoms with Crippen molar-refractivity contribution in [1.29, 1.82) is 0 Å². The minimum absolute atomic E-state index is 0.218. The molecule has 5 rings (SSSR count). The summed E-state index contributed by atoms with van der Waals surface area (Å²) in [6, 6.07) is 24.8. The van der Waals surface area contributed by atoms with Gasteiger partial charge < -0.3 is 15.4 Å². The molecule has 0 spiro atoms. The molecule has 4 aromatic rings. The SMILES string of the molecule is CCCSc1nc2n(n1)C(c1cc(Br)ccc1OCc1ccccc1)C(C(=O)Nc1ccccc1)=C(C)N2. The molecule has 9 heteroatoms. The van der Waals surface area contributed by atoms with Crippen molar-refractivity contribution in [3.63, 3.8) is 0 Å². The summed E-state index contributed by atoms with van der Waals surface area (Å²) >= 11 is 5.22. The molecule has 1 aliphatic rings. The molecule has 1 atom stereocenters. The number of hydrogen-bond acceptors (Lipinski definition) is 6. The van der Waals surface area contributed by atoms with E-state index in [4.69, 9.17) is 14.8 Å². The van der Waals surface area contributed by atoms with Crippen LogP contribution in [0, 0.1) is 0 Å². The molecule has 1 aromatic heterocycles. The number of hydrogen-bond donors (Lipinski definition) is 2. The van der Waals surface area contributed by atoms with E-state index in [2.05, 4.69) is 33.5 Å². The minimum atomic E-state index is -0.554. The Morgan fingerprint density at radius 2 is 1.84 bits per heavy atom. The van der Waals surface area contributed by atoms with Gasteiger partial charge in [-0.2, -0.15) is 4.98 Å². The summed E-state index contributed by atoms with van der Waals surface area (Å²) in [6.45, 7) is 4.42. The van der Waals surface area contributed by atoms with Crippen LogP contribution in [0.5, 0.6) is 5.75 Å². The third kappa shape index (κ3) is 5.79. The summed E-state index contributed by atoms with van der Waals surface area (Å²) < 4.78 is 9.01. The van der Waals surface area contributed by atoms with Crippen LogP contribution in [0.1, 0.15) is 37.4 Å². The third-order valence-electron chi connectivity index (χ3n) is 6.05. The lowest BCUT2D eigenvalue weighted by atomic mass is 9.94. The number of amides is 1. The molecule has 38 heavy (non-hydrogen) atoms. The zero-order valence-corrected chi connectivity index (χ0v) is 23.6. The van der Waals surface area contributed by atoms with Crippen LogP contribution in [-0.2, 0) is 11.4 Å². The van der Waals surface area contributed by atoms with Crippen LogP contribution >= 0.6 is 27.7 Å². The van der Waals surface area contributed by atoms with E-state index in [0.29, 0.717) is 34.7 Å². The van der Waals surface area contributed by atoms with Crippen LogP contribution < -0.4 is 15.4 Å². The summed E-state index contributed by atoms with van der Waals surface area (Å²) in [5, 5.41) is 11.9.